The van der Waals surface area contributed by atoms with Crippen molar-refractivity contribution in [2.45, 2.75) is 85.5 Å². The molecule has 0 aliphatic rings. The second kappa shape index (κ2) is 11.8. The Morgan fingerprint density at radius 3 is 1.96 bits per heavy atom. The van der Waals surface area contributed by atoms with Gasteiger partial charge in [0.05, 0.1) is 6.61 Å². The summed E-state index contributed by atoms with van der Waals surface area (Å²) in [7, 11) is 0. The molecule has 1 nitrogen and oxygen atoms in total. The standard InChI is InChI=1S/C26H38O/c1-5-7-9-10-20-27-26-19-18-25(21(3)22(26)4)17-16-24-14-12-23(13-15-24)11-8-6-2/h12-15,18-19H,5-11,16-17,20H2,1-4H3. The molecule has 0 fully saturated rings. The first-order chi connectivity index (χ1) is 13.2. The first-order valence-corrected chi connectivity index (χ1v) is 10.9. The average Bonchev–Trinajstić information content (AvgIpc) is 2.69. The number of benzene rings is 2. The van der Waals surface area contributed by atoms with Gasteiger partial charge in [0, 0.05) is 0 Å². The zero-order valence-electron chi connectivity index (χ0n) is 17.9. The first kappa shape index (κ1) is 21.5. The van der Waals surface area contributed by atoms with Gasteiger partial charge >= 0.3 is 0 Å². The van der Waals surface area contributed by atoms with Crippen molar-refractivity contribution in [3.05, 3.63) is 64.2 Å². The van der Waals surface area contributed by atoms with Crippen molar-refractivity contribution in [3.8, 4) is 5.75 Å². The predicted octanol–water partition coefficient (Wildman–Crippen LogP) is 7.39. The maximum absolute atomic E-state index is 6.03. The van der Waals surface area contributed by atoms with Crippen molar-refractivity contribution in [2.24, 2.45) is 0 Å². The molecule has 2 rings (SSSR count). The molecule has 0 N–H and O–H groups in total. The lowest BCUT2D eigenvalue weighted by Gasteiger charge is -2.15. The van der Waals surface area contributed by atoms with Crippen LogP contribution in [0, 0.1) is 13.8 Å². The SMILES string of the molecule is CCCCCCOc1ccc(CCc2ccc(CCCC)cc2)c(C)c1C. The number of hydrogen-bond acceptors (Lipinski definition) is 1. The van der Waals surface area contributed by atoms with Crippen LogP contribution in [-0.2, 0) is 19.3 Å². The topological polar surface area (TPSA) is 9.23 Å². The highest BCUT2D eigenvalue weighted by Gasteiger charge is 2.08. The summed E-state index contributed by atoms with van der Waals surface area (Å²) in [5.41, 5.74) is 7.04. The monoisotopic (exact) mass is 366 g/mol. The van der Waals surface area contributed by atoms with Gasteiger partial charge in [-0.2, -0.15) is 0 Å². The normalized spacial score (nSPS) is 11.0. The number of ether oxygens (including phenoxy) is 1. The summed E-state index contributed by atoms with van der Waals surface area (Å²) in [6.07, 6.45) is 10.9. The Morgan fingerprint density at radius 1 is 0.630 bits per heavy atom. The molecule has 2 aromatic rings. The summed E-state index contributed by atoms with van der Waals surface area (Å²) in [5, 5.41) is 0. The van der Waals surface area contributed by atoms with E-state index in [4.69, 9.17) is 4.74 Å². The van der Waals surface area contributed by atoms with E-state index >= 15 is 0 Å². The summed E-state index contributed by atoms with van der Waals surface area (Å²) < 4.78 is 6.03. The van der Waals surface area contributed by atoms with Crippen molar-refractivity contribution in [3.63, 3.8) is 0 Å². The van der Waals surface area contributed by atoms with Gasteiger partial charge < -0.3 is 4.74 Å². The van der Waals surface area contributed by atoms with E-state index in [1.165, 1.54) is 66.3 Å². The van der Waals surface area contributed by atoms with Gasteiger partial charge in [0.2, 0.25) is 0 Å². The Balaban J connectivity index is 1.88. The molecule has 0 amide bonds. The molecule has 0 saturated heterocycles. The van der Waals surface area contributed by atoms with E-state index in [0.29, 0.717) is 0 Å². The van der Waals surface area contributed by atoms with E-state index in [9.17, 15) is 0 Å². The summed E-state index contributed by atoms with van der Waals surface area (Å²) in [6, 6.07) is 13.7. The molecule has 0 spiro atoms. The lowest BCUT2D eigenvalue weighted by Crippen LogP contribution is -2.02. The third-order valence-electron chi connectivity index (χ3n) is 5.63. The Bertz CT molecular complexity index is 669. The van der Waals surface area contributed by atoms with E-state index < -0.39 is 0 Å². The van der Waals surface area contributed by atoms with E-state index in [1.54, 1.807) is 0 Å². The van der Waals surface area contributed by atoms with Crippen molar-refractivity contribution in [1.82, 2.24) is 0 Å². The molecule has 0 unspecified atom stereocenters. The molecule has 0 saturated carbocycles. The van der Waals surface area contributed by atoms with Crippen LogP contribution in [0.25, 0.3) is 0 Å². The van der Waals surface area contributed by atoms with Gasteiger partial charge in [0.15, 0.2) is 0 Å². The molecule has 148 valence electrons. The number of unbranched alkanes of at least 4 members (excludes halogenated alkanes) is 4. The first-order valence-electron chi connectivity index (χ1n) is 10.9. The molecule has 0 aliphatic heterocycles. The van der Waals surface area contributed by atoms with Crippen LogP contribution in [0.2, 0.25) is 0 Å². The lowest BCUT2D eigenvalue weighted by molar-refractivity contribution is 0.303. The Labute approximate surface area is 167 Å². The molecule has 0 radical (unpaired) electrons. The van der Waals surface area contributed by atoms with Crippen LogP contribution < -0.4 is 4.74 Å². The maximum Gasteiger partial charge on any atom is 0.122 e. The zero-order chi connectivity index (χ0) is 19.5. The molecule has 1 heteroatoms. The maximum atomic E-state index is 6.03. The molecule has 0 aliphatic carbocycles. The van der Waals surface area contributed by atoms with Crippen molar-refractivity contribution in [2.75, 3.05) is 6.61 Å². The van der Waals surface area contributed by atoms with E-state index in [-0.39, 0.29) is 0 Å². The van der Waals surface area contributed by atoms with Gasteiger partial charge in [-0.1, -0.05) is 69.9 Å². The Hall–Kier alpha value is -1.76. The fourth-order valence-corrected chi connectivity index (χ4v) is 3.52. The zero-order valence-corrected chi connectivity index (χ0v) is 17.9. The molecule has 2 aromatic carbocycles. The number of hydrogen-bond donors (Lipinski definition) is 0. The van der Waals surface area contributed by atoms with E-state index in [1.807, 2.05) is 0 Å². The molecular formula is C26H38O. The highest BCUT2D eigenvalue weighted by molar-refractivity contribution is 5.44. The van der Waals surface area contributed by atoms with Crippen molar-refractivity contribution < 1.29 is 4.74 Å². The summed E-state index contributed by atoms with van der Waals surface area (Å²) in [5.74, 6) is 1.06. The minimum Gasteiger partial charge on any atom is -0.493 e. The minimum absolute atomic E-state index is 0.837. The molecule has 0 aromatic heterocycles. The summed E-state index contributed by atoms with van der Waals surface area (Å²) >= 11 is 0. The smallest absolute Gasteiger partial charge is 0.122 e. The van der Waals surface area contributed by atoms with Crippen LogP contribution in [0.4, 0.5) is 0 Å². The molecule has 0 atom stereocenters. The van der Waals surface area contributed by atoms with Gasteiger partial charge in [-0.05, 0) is 79.8 Å². The summed E-state index contributed by atoms with van der Waals surface area (Å²) in [6.45, 7) is 9.77. The fraction of sp³-hybridized carbons (Fsp3) is 0.538. The van der Waals surface area contributed by atoms with Crippen molar-refractivity contribution >= 4 is 0 Å². The average molecular weight is 367 g/mol. The highest BCUT2D eigenvalue weighted by atomic mass is 16.5. The van der Waals surface area contributed by atoms with Crippen LogP contribution in [-0.4, -0.2) is 6.61 Å². The van der Waals surface area contributed by atoms with Gasteiger partial charge in [-0.3, -0.25) is 0 Å². The van der Waals surface area contributed by atoms with Crippen LogP contribution in [0.15, 0.2) is 36.4 Å². The predicted molar refractivity (Wildman–Crippen MR) is 118 cm³/mol. The van der Waals surface area contributed by atoms with Crippen molar-refractivity contribution in [1.29, 1.82) is 0 Å². The summed E-state index contributed by atoms with van der Waals surface area (Å²) in [4.78, 5) is 0. The van der Waals surface area contributed by atoms with Gasteiger partial charge in [0.1, 0.15) is 5.75 Å². The van der Waals surface area contributed by atoms with E-state index in [2.05, 4.69) is 64.1 Å². The molecule has 27 heavy (non-hydrogen) atoms. The minimum atomic E-state index is 0.837. The third kappa shape index (κ3) is 7.05. The van der Waals surface area contributed by atoms with Crippen LogP contribution in [0.5, 0.6) is 5.75 Å². The fourth-order valence-electron chi connectivity index (χ4n) is 3.52. The third-order valence-corrected chi connectivity index (χ3v) is 5.63. The lowest BCUT2D eigenvalue weighted by atomic mass is 9.96. The number of rotatable bonds is 12. The van der Waals surface area contributed by atoms with Crippen LogP contribution in [0.1, 0.15) is 80.2 Å². The van der Waals surface area contributed by atoms with E-state index in [0.717, 1.165) is 31.6 Å². The van der Waals surface area contributed by atoms with Gasteiger partial charge in [-0.25, -0.2) is 0 Å². The Kier molecular flexibility index (Phi) is 9.45. The quantitative estimate of drug-likeness (QED) is 0.356. The highest BCUT2D eigenvalue weighted by Crippen LogP contribution is 2.25. The Morgan fingerprint density at radius 2 is 1.30 bits per heavy atom. The molecule has 0 heterocycles. The molecular weight excluding hydrogens is 328 g/mol. The second-order valence-electron chi connectivity index (χ2n) is 7.80. The number of aryl methyl sites for hydroxylation is 3. The molecule has 0 bridgehead atoms. The van der Waals surface area contributed by atoms with Crippen LogP contribution >= 0.6 is 0 Å². The van der Waals surface area contributed by atoms with Gasteiger partial charge in [0.25, 0.3) is 0 Å². The largest absolute Gasteiger partial charge is 0.493 e. The van der Waals surface area contributed by atoms with Gasteiger partial charge in [-0.15, -0.1) is 0 Å². The second-order valence-corrected chi connectivity index (χ2v) is 7.80. The van der Waals surface area contributed by atoms with Crippen LogP contribution in [0.3, 0.4) is 0 Å².